The van der Waals surface area contributed by atoms with E-state index >= 15 is 0 Å². The number of ether oxygens (including phenoxy) is 1. The Kier molecular flexibility index (Phi) is 4.05. The van der Waals surface area contributed by atoms with Gasteiger partial charge in [-0.05, 0) is 44.9 Å². The highest BCUT2D eigenvalue weighted by Crippen LogP contribution is 2.16. The lowest BCUT2D eigenvalue weighted by atomic mass is 10.1. The van der Waals surface area contributed by atoms with Gasteiger partial charge in [-0.15, -0.1) is 0 Å². The van der Waals surface area contributed by atoms with E-state index < -0.39 is 0 Å². The van der Waals surface area contributed by atoms with Gasteiger partial charge in [0.15, 0.2) is 0 Å². The van der Waals surface area contributed by atoms with E-state index in [1.807, 2.05) is 45.9 Å². The third-order valence-corrected chi connectivity index (χ3v) is 2.52. The van der Waals surface area contributed by atoms with Gasteiger partial charge in [0.05, 0.1) is 12.2 Å². The number of hydrogen-bond donors (Lipinski definition) is 1. The molecule has 0 aliphatic heterocycles. The summed E-state index contributed by atoms with van der Waals surface area (Å²) in [6.45, 7) is 8.80. The molecule has 16 heavy (non-hydrogen) atoms. The van der Waals surface area contributed by atoms with Crippen LogP contribution in [0.4, 0.5) is 0 Å². The van der Waals surface area contributed by atoms with Crippen molar-refractivity contribution in [2.75, 3.05) is 0 Å². The number of thiocarbonyl (C=S) groups is 1. The fourth-order valence-electron chi connectivity index (χ4n) is 1.31. The first kappa shape index (κ1) is 13.1. The predicted molar refractivity (Wildman–Crippen MR) is 71.6 cm³/mol. The maximum absolute atomic E-state index is 5.73. The van der Waals surface area contributed by atoms with Gasteiger partial charge in [-0.1, -0.05) is 24.4 Å². The molecule has 1 aromatic carbocycles. The fraction of sp³-hybridized carbons (Fsp3) is 0.462. The van der Waals surface area contributed by atoms with Crippen LogP contribution in [-0.4, -0.2) is 10.6 Å². The average Bonchev–Trinajstić information content (AvgIpc) is 2.14. The molecule has 88 valence electrons. The lowest BCUT2D eigenvalue weighted by molar-refractivity contribution is -0.0151. The molecule has 0 aliphatic carbocycles. The third kappa shape index (κ3) is 3.91. The van der Waals surface area contributed by atoms with E-state index in [-0.39, 0.29) is 5.60 Å². The summed E-state index contributed by atoms with van der Waals surface area (Å²) >= 11 is 4.94. The normalized spacial score (nSPS) is 11.5. The van der Waals surface area contributed by atoms with Gasteiger partial charge >= 0.3 is 0 Å². The Hall–Kier alpha value is -0.930. The number of aryl methyl sites for hydroxylation is 1. The Morgan fingerprint density at radius 3 is 2.44 bits per heavy atom. The highest BCUT2D eigenvalue weighted by atomic mass is 32.1. The van der Waals surface area contributed by atoms with Crippen molar-refractivity contribution >= 4 is 17.2 Å². The SMILES string of the molecule is Cc1cc(C(N)=S)ccc1COC(C)(C)C. The highest BCUT2D eigenvalue weighted by Gasteiger charge is 2.11. The summed E-state index contributed by atoms with van der Waals surface area (Å²) in [6, 6.07) is 5.97. The summed E-state index contributed by atoms with van der Waals surface area (Å²) in [4.78, 5) is 0.436. The van der Waals surface area contributed by atoms with Gasteiger partial charge in [-0.3, -0.25) is 0 Å². The van der Waals surface area contributed by atoms with Crippen LogP contribution in [0.2, 0.25) is 0 Å². The standard InChI is InChI=1S/C13H19NOS/c1-9-7-10(12(14)16)5-6-11(9)8-15-13(2,3)4/h5-7H,8H2,1-4H3,(H2,14,16). The molecule has 2 N–H and O–H groups in total. The Morgan fingerprint density at radius 1 is 1.38 bits per heavy atom. The zero-order chi connectivity index (χ0) is 12.3. The van der Waals surface area contributed by atoms with Gasteiger partial charge in [-0.25, -0.2) is 0 Å². The van der Waals surface area contributed by atoms with E-state index in [1.54, 1.807) is 0 Å². The van der Waals surface area contributed by atoms with Gasteiger partial charge in [0, 0.05) is 5.56 Å². The zero-order valence-electron chi connectivity index (χ0n) is 10.3. The molecular formula is C13H19NOS. The Bertz CT molecular complexity index is 393. The molecule has 1 aromatic rings. The predicted octanol–water partition coefficient (Wildman–Crippen LogP) is 2.94. The van der Waals surface area contributed by atoms with Crippen molar-refractivity contribution in [3.8, 4) is 0 Å². The van der Waals surface area contributed by atoms with Crippen LogP contribution in [0.5, 0.6) is 0 Å². The van der Waals surface area contributed by atoms with E-state index in [2.05, 4.69) is 0 Å². The molecule has 0 fully saturated rings. The smallest absolute Gasteiger partial charge is 0.103 e. The van der Waals surface area contributed by atoms with Crippen molar-refractivity contribution in [3.63, 3.8) is 0 Å². The summed E-state index contributed by atoms with van der Waals surface area (Å²) in [5, 5.41) is 0. The first-order chi connectivity index (χ1) is 7.29. The van der Waals surface area contributed by atoms with Crippen molar-refractivity contribution < 1.29 is 4.74 Å². The minimum atomic E-state index is -0.117. The molecule has 1 rings (SSSR count). The fourth-order valence-corrected chi connectivity index (χ4v) is 1.43. The van der Waals surface area contributed by atoms with Crippen LogP contribution in [0.1, 0.15) is 37.5 Å². The molecule has 0 amide bonds. The van der Waals surface area contributed by atoms with Crippen molar-refractivity contribution in [2.24, 2.45) is 5.73 Å². The summed E-state index contributed by atoms with van der Waals surface area (Å²) in [6.07, 6.45) is 0. The van der Waals surface area contributed by atoms with E-state index in [1.165, 1.54) is 5.56 Å². The second kappa shape index (κ2) is 4.93. The zero-order valence-corrected chi connectivity index (χ0v) is 11.1. The molecule has 3 heteroatoms. The van der Waals surface area contributed by atoms with Crippen LogP contribution in [0.15, 0.2) is 18.2 Å². The first-order valence-electron chi connectivity index (χ1n) is 5.33. The molecule has 0 bridgehead atoms. The molecule has 0 saturated carbocycles. The van der Waals surface area contributed by atoms with Gasteiger partial charge in [-0.2, -0.15) is 0 Å². The topological polar surface area (TPSA) is 35.2 Å². The molecule has 0 aliphatic rings. The van der Waals surface area contributed by atoms with Gasteiger partial charge in [0.1, 0.15) is 4.99 Å². The van der Waals surface area contributed by atoms with Crippen LogP contribution in [0.25, 0.3) is 0 Å². The molecule has 0 spiro atoms. The second-order valence-corrected chi connectivity index (χ2v) is 5.35. The second-order valence-electron chi connectivity index (χ2n) is 4.91. The summed E-state index contributed by atoms with van der Waals surface area (Å²) in [5.41, 5.74) is 8.71. The van der Waals surface area contributed by atoms with Crippen molar-refractivity contribution in [3.05, 3.63) is 34.9 Å². The van der Waals surface area contributed by atoms with E-state index in [0.717, 1.165) is 11.1 Å². The quantitative estimate of drug-likeness (QED) is 0.821. The lowest BCUT2D eigenvalue weighted by Crippen LogP contribution is -2.19. The Morgan fingerprint density at radius 2 is 2.00 bits per heavy atom. The molecule has 0 saturated heterocycles. The first-order valence-corrected chi connectivity index (χ1v) is 5.74. The van der Waals surface area contributed by atoms with Crippen LogP contribution in [0, 0.1) is 6.92 Å². The van der Waals surface area contributed by atoms with Gasteiger partial charge < -0.3 is 10.5 Å². The molecular weight excluding hydrogens is 218 g/mol. The monoisotopic (exact) mass is 237 g/mol. The minimum Gasteiger partial charge on any atom is -0.389 e. The largest absolute Gasteiger partial charge is 0.389 e. The number of benzene rings is 1. The molecule has 0 heterocycles. The van der Waals surface area contributed by atoms with Crippen LogP contribution >= 0.6 is 12.2 Å². The molecule has 0 atom stereocenters. The molecule has 0 aromatic heterocycles. The van der Waals surface area contributed by atoms with Crippen LogP contribution < -0.4 is 5.73 Å². The van der Waals surface area contributed by atoms with Gasteiger partial charge in [0.25, 0.3) is 0 Å². The van der Waals surface area contributed by atoms with E-state index in [9.17, 15) is 0 Å². The number of nitrogens with two attached hydrogens (primary N) is 1. The van der Waals surface area contributed by atoms with E-state index in [4.69, 9.17) is 22.7 Å². The summed E-state index contributed by atoms with van der Waals surface area (Å²) < 4.78 is 5.73. The van der Waals surface area contributed by atoms with E-state index in [0.29, 0.717) is 11.6 Å². The molecule has 0 radical (unpaired) electrons. The summed E-state index contributed by atoms with van der Waals surface area (Å²) in [7, 11) is 0. The van der Waals surface area contributed by atoms with Crippen molar-refractivity contribution in [1.29, 1.82) is 0 Å². The van der Waals surface area contributed by atoms with Crippen molar-refractivity contribution in [2.45, 2.75) is 39.9 Å². The molecule has 0 unspecified atom stereocenters. The average molecular weight is 237 g/mol. The lowest BCUT2D eigenvalue weighted by Gasteiger charge is -2.20. The maximum atomic E-state index is 5.73. The van der Waals surface area contributed by atoms with Crippen molar-refractivity contribution in [1.82, 2.24) is 0 Å². The Labute approximate surface area is 103 Å². The molecule has 2 nitrogen and oxygen atoms in total. The highest BCUT2D eigenvalue weighted by molar-refractivity contribution is 7.80. The minimum absolute atomic E-state index is 0.117. The number of rotatable bonds is 3. The number of hydrogen-bond acceptors (Lipinski definition) is 2. The Balaban J connectivity index is 2.80. The maximum Gasteiger partial charge on any atom is 0.103 e. The van der Waals surface area contributed by atoms with Crippen LogP contribution in [0.3, 0.4) is 0 Å². The van der Waals surface area contributed by atoms with Crippen LogP contribution in [-0.2, 0) is 11.3 Å². The van der Waals surface area contributed by atoms with Gasteiger partial charge in [0.2, 0.25) is 0 Å². The summed E-state index contributed by atoms with van der Waals surface area (Å²) in [5.74, 6) is 0. The third-order valence-electron chi connectivity index (χ3n) is 2.29.